The van der Waals surface area contributed by atoms with E-state index in [0.717, 1.165) is 31.1 Å². The number of ether oxygens (including phenoxy) is 1. The standard InChI is InChI=1S/C20H24FN3O/c1-22-20(23-13-15-7-9-18(21)10-8-15)24-14-17-11-12-25-19(17)16-5-3-2-4-6-16/h2-10,17,19H,11-14H2,1H3,(H2,22,23,24). The molecule has 132 valence electrons. The van der Waals surface area contributed by atoms with Crippen LogP contribution in [0.5, 0.6) is 0 Å². The monoisotopic (exact) mass is 341 g/mol. The van der Waals surface area contributed by atoms with E-state index < -0.39 is 0 Å². The Morgan fingerprint density at radius 1 is 1.12 bits per heavy atom. The second kappa shape index (κ2) is 8.62. The quantitative estimate of drug-likeness (QED) is 0.648. The zero-order valence-corrected chi connectivity index (χ0v) is 14.4. The van der Waals surface area contributed by atoms with Crippen molar-refractivity contribution in [2.75, 3.05) is 20.2 Å². The van der Waals surface area contributed by atoms with Crippen LogP contribution in [0.1, 0.15) is 23.7 Å². The highest BCUT2D eigenvalue weighted by atomic mass is 19.1. The van der Waals surface area contributed by atoms with Crippen molar-refractivity contribution in [3.8, 4) is 0 Å². The first-order chi connectivity index (χ1) is 12.3. The van der Waals surface area contributed by atoms with Gasteiger partial charge in [-0.1, -0.05) is 42.5 Å². The number of aliphatic imine (C=N–C) groups is 1. The molecule has 25 heavy (non-hydrogen) atoms. The summed E-state index contributed by atoms with van der Waals surface area (Å²) in [7, 11) is 1.75. The Hall–Kier alpha value is -2.40. The fraction of sp³-hybridized carbons (Fsp3) is 0.350. The number of benzene rings is 2. The number of guanidine groups is 1. The number of halogens is 1. The minimum Gasteiger partial charge on any atom is -0.373 e. The van der Waals surface area contributed by atoms with Gasteiger partial charge in [-0.05, 0) is 29.7 Å². The van der Waals surface area contributed by atoms with Gasteiger partial charge < -0.3 is 15.4 Å². The molecule has 3 rings (SSSR count). The molecule has 0 aromatic heterocycles. The van der Waals surface area contributed by atoms with E-state index >= 15 is 0 Å². The largest absolute Gasteiger partial charge is 0.373 e. The van der Waals surface area contributed by atoms with Gasteiger partial charge in [0.05, 0.1) is 6.10 Å². The average Bonchev–Trinajstić information content (AvgIpc) is 3.12. The van der Waals surface area contributed by atoms with Crippen LogP contribution in [0.3, 0.4) is 0 Å². The third kappa shape index (κ3) is 4.79. The van der Waals surface area contributed by atoms with E-state index in [9.17, 15) is 4.39 Å². The number of nitrogens with zero attached hydrogens (tertiary/aromatic N) is 1. The zero-order valence-electron chi connectivity index (χ0n) is 14.4. The van der Waals surface area contributed by atoms with Crippen molar-refractivity contribution in [1.29, 1.82) is 0 Å². The third-order valence-corrected chi connectivity index (χ3v) is 4.47. The van der Waals surface area contributed by atoms with Gasteiger partial charge in [0, 0.05) is 32.7 Å². The lowest BCUT2D eigenvalue weighted by atomic mass is 9.95. The van der Waals surface area contributed by atoms with Crippen molar-refractivity contribution >= 4 is 5.96 Å². The Balaban J connectivity index is 1.51. The molecule has 2 unspecified atom stereocenters. The molecule has 1 aliphatic heterocycles. The lowest BCUT2D eigenvalue weighted by Crippen LogP contribution is -2.39. The van der Waals surface area contributed by atoms with Crippen molar-refractivity contribution in [3.05, 3.63) is 71.5 Å². The predicted octanol–water partition coefficient (Wildman–Crippen LogP) is 3.27. The lowest BCUT2D eigenvalue weighted by molar-refractivity contribution is 0.0915. The lowest BCUT2D eigenvalue weighted by Gasteiger charge is -2.21. The molecule has 1 heterocycles. The van der Waals surface area contributed by atoms with Gasteiger partial charge >= 0.3 is 0 Å². The normalized spacial score (nSPS) is 20.5. The predicted molar refractivity (Wildman–Crippen MR) is 97.8 cm³/mol. The fourth-order valence-corrected chi connectivity index (χ4v) is 3.09. The summed E-state index contributed by atoms with van der Waals surface area (Å²) in [6.07, 6.45) is 1.16. The van der Waals surface area contributed by atoms with Crippen molar-refractivity contribution in [2.24, 2.45) is 10.9 Å². The minimum atomic E-state index is -0.223. The molecular weight excluding hydrogens is 317 g/mol. The first kappa shape index (κ1) is 17.4. The molecule has 5 heteroatoms. The molecule has 1 aliphatic rings. The molecule has 0 aliphatic carbocycles. The highest BCUT2D eigenvalue weighted by Crippen LogP contribution is 2.33. The second-order valence-corrected chi connectivity index (χ2v) is 6.18. The minimum absolute atomic E-state index is 0.129. The number of rotatable bonds is 5. The summed E-state index contributed by atoms with van der Waals surface area (Å²) in [6.45, 7) is 2.18. The average molecular weight is 341 g/mol. The summed E-state index contributed by atoms with van der Waals surface area (Å²) >= 11 is 0. The van der Waals surface area contributed by atoms with Crippen LogP contribution in [0.25, 0.3) is 0 Å². The zero-order chi connectivity index (χ0) is 17.5. The number of hydrogen-bond acceptors (Lipinski definition) is 2. The van der Waals surface area contributed by atoms with Crippen LogP contribution in [0.4, 0.5) is 4.39 Å². The van der Waals surface area contributed by atoms with E-state index in [4.69, 9.17) is 4.74 Å². The molecule has 1 fully saturated rings. The van der Waals surface area contributed by atoms with E-state index in [0.29, 0.717) is 12.5 Å². The highest BCUT2D eigenvalue weighted by molar-refractivity contribution is 5.79. The van der Waals surface area contributed by atoms with Crippen molar-refractivity contribution in [2.45, 2.75) is 19.1 Å². The second-order valence-electron chi connectivity index (χ2n) is 6.18. The van der Waals surface area contributed by atoms with Crippen molar-refractivity contribution in [3.63, 3.8) is 0 Å². The van der Waals surface area contributed by atoms with Gasteiger partial charge in [-0.15, -0.1) is 0 Å². The van der Waals surface area contributed by atoms with E-state index in [1.165, 1.54) is 17.7 Å². The molecular formula is C20H24FN3O. The van der Waals surface area contributed by atoms with Gasteiger partial charge in [0.2, 0.25) is 0 Å². The Morgan fingerprint density at radius 3 is 2.60 bits per heavy atom. The molecule has 0 radical (unpaired) electrons. The Labute approximate surface area is 148 Å². The molecule has 0 bridgehead atoms. The Bertz CT molecular complexity index is 688. The molecule has 0 spiro atoms. The first-order valence-corrected chi connectivity index (χ1v) is 8.62. The SMILES string of the molecule is CN=C(NCc1ccc(F)cc1)NCC1CCOC1c1ccccc1. The maximum absolute atomic E-state index is 13.0. The summed E-state index contributed by atoms with van der Waals surface area (Å²) in [6, 6.07) is 16.8. The van der Waals surface area contributed by atoms with E-state index in [-0.39, 0.29) is 11.9 Å². The summed E-state index contributed by atoms with van der Waals surface area (Å²) in [5.41, 5.74) is 2.23. The van der Waals surface area contributed by atoms with Crippen molar-refractivity contribution in [1.82, 2.24) is 10.6 Å². The van der Waals surface area contributed by atoms with Crippen LogP contribution in [-0.2, 0) is 11.3 Å². The Kier molecular flexibility index (Phi) is 6.01. The maximum Gasteiger partial charge on any atom is 0.191 e. The van der Waals surface area contributed by atoms with Gasteiger partial charge in [0.1, 0.15) is 5.82 Å². The molecule has 0 saturated carbocycles. The molecule has 2 atom stereocenters. The molecule has 0 amide bonds. The van der Waals surface area contributed by atoms with Gasteiger partial charge in [-0.3, -0.25) is 4.99 Å². The summed E-state index contributed by atoms with van der Waals surface area (Å²) < 4.78 is 18.9. The summed E-state index contributed by atoms with van der Waals surface area (Å²) in [5, 5.41) is 6.64. The number of nitrogens with one attached hydrogen (secondary N) is 2. The summed E-state index contributed by atoms with van der Waals surface area (Å²) in [4.78, 5) is 4.26. The van der Waals surface area contributed by atoms with Crippen LogP contribution in [0, 0.1) is 11.7 Å². The van der Waals surface area contributed by atoms with Crippen LogP contribution < -0.4 is 10.6 Å². The van der Waals surface area contributed by atoms with E-state index in [2.05, 4.69) is 27.8 Å². The van der Waals surface area contributed by atoms with Crippen molar-refractivity contribution < 1.29 is 9.13 Å². The van der Waals surface area contributed by atoms with Gasteiger partial charge in [-0.25, -0.2) is 4.39 Å². The van der Waals surface area contributed by atoms with E-state index in [1.807, 2.05) is 18.2 Å². The first-order valence-electron chi connectivity index (χ1n) is 8.62. The Morgan fingerprint density at radius 2 is 1.88 bits per heavy atom. The van der Waals surface area contributed by atoms with Crippen LogP contribution in [0.15, 0.2) is 59.6 Å². The van der Waals surface area contributed by atoms with Crippen LogP contribution in [-0.4, -0.2) is 26.2 Å². The molecule has 4 nitrogen and oxygen atoms in total. The fourth-order valence-electron chi connectivity index (χ4n) is 3.09. The molecule has 2 aromatic rings. The van der Waals surface area contributed by atoms with Gasteiger partial charge in [-0.2, -0.15) is 0 Å². The van der Waals surface area contributed by atoms with E-state index in [1.54, 1.807) is 19.2 Å². The van der Waals surface area contributed by atoms with Gasteiger partial charge in [0.25, 0.3) is 0 Å². The molecule has 1 saturated heterocycles. The maximum atomic E-state index is 13.0. The van der Waals surface area contributed by atoms with Crippen LogP contribution in [0.2, 0.25) is 0 Å². The van der Waals surface area contributed by atoms with Crippen LogP contribution >= 0.6 is 0 Å². The third-order valence-electron chi connectivity index (χ3n) is 4.47. The topological polar surface area (TPSA) is 45.7 Å². The highest BCUT2D eigenvalue weighted by Gasteiger charge is 2.29. The van der Waals surface area contributed by atoms with Gasteiger partial charge in [0.15, 0.2) is 5.96 Å². The molecule has 2 aromatic carbocycles. The summed E-state index contributed by atoms with van der Waals surface area (Å²) in [5.74, 6) is 0.925. The smallest absolute Gasteiger partial charge is 0.191 e. The molecule has 2 N–H and O–H groups in total. The number of hydrogen-bond donors (Lipinski definition) is 2.